The molecule has 2 N–H and O–H groups in total. The van der Waals surface area contributed by atoms with Crippen LogP contribution >= 0.6 is 11.6 Å². The van der Waals surface area contributed by atoms with E-state index in [4.69, 9.17) is 50.4 Å². The Bertz CT molecular complexity index is 1030. The molecule has 1 fully saturated rings. The van der Waals surface area contributed by atoms with Crippen molar-refractivity contribution in [3.63, 3.8) is 0 Å². The number of carboxylic acid groups (broad SMARTS) is 2. The Hall–Kier alpha value is -3.70. The molecule has 12 heteroatoms. The van der Waals surface area contributed by atoms with Crippen LogP contribution in [0, 0.1) is 0 Å². The predicted octanol–water partition coefficient (Wildman–Crippen LogP) is 2.24. The van der Waals surface area contributed by atoms with Gasteiger partial charge < -0.3 is 34.1 Å². The topological polar surface area (TPSA) is 135 Å². The van der Waals surface area contributed by atoms with Gasteiger partial charge in [0.1, 0.15) is 5.75 Å². The largest absolute Gasteiger partial charge is 0.493 e. The van der Waals surface area contributed by atoms with Gasteiger partial charge in [-0.3, -0.25) is 9.69 Å². The molecule has 0 bridgehead atoms. The molecule has 0 spiro atoms. The molecule has 196 valence electrons. The third kappa shape index (κ3) is 8.21. The Morgan fingerprint density at radius 3 is 1.92 bits per heavy atom. The summed E-state index contributed by atoms with van der Waals surface area (Å²) in [5, 5.41) is 15.4. The minimum Gasteiger partial charge on any atom is -0.493 e. The first-order valence-electron chi connectivity index (χ1n) is 10.8. The molecule has 0 unspecified atom stereocenters. The van der Waals surface area contributed by atoms with Crippen molar-refractivity contribution in [2.75, 3.05) is 54.1 Å². The summed E-state index contributed by atoms with van der Waals surface area (Å²) in [5.74, 6) is -1.14. The summed E-state index contributed by atoms with van der Waals surface area (Å²) in [6.45, 7) is 3.56. The molecule has 0 saturated carbocycles. The zero-order chi connectivity index (χ0) is 26.7. The second-order valence-corrected chi connectivity index (χ2v) is 7.94. The molecule has 1 aliphatic heterocycles. The molecule has 1 aliphatic rings. The number of halogens is 1. The van der Waals surface area contributed by atoms with Crippen molar-refractivity contribution in [1.29, 1.82) is 0 Å². The van der Waals surface area contributed by atoms with E-state index in [0.717, 1.165) is 18.7 Å². The average Bonchev–Trinajstić information content (AvgIpc) is 2.88. The summed E-state index contributed by atoms with van der Waals surface area (Å²) in [7, 11) is 4.82. The van der Waals surface area contributed by atoms with E-state index in [1.165, 1.54) is 0 Å². The van der Waals surface area contributed by atoms with Crippen molar-refractivity contribution < 1.29 is 43.5 Å². The number of rotatable bonds is 8. The van der Waals surface area contributed by atoms with Crippen molar-refractivity contribution in [2.24, 2.45) is 0 Å². The number of carbonyl (C=O) groups is 3. The Labute approximate surface area is 213 Å². The fourth-order valence-electron chi connectivity index (χ4n) is 3.45. The maximum atomic E-state index is 12.5. The molecular formula is C24H29ClN2O9. The Balaban J connectivity index is 0.000000678. The monoisotopic (exact) mass is 524 g/mol. The van der Waals surface area contributed by atoms with Crippen LogP contribution in [-0.2, 0) is 20.9 Å². The summed E-state index contributed by atoms with van der Waals surface area (Å²) < 4.78 is 21.9. The van der Waals surface area contributed by atoms with Crippen LogP contribution in [-0.4, -0.2) is 92.0 Å². The van der Waals surface area contributed by atoms with E-state index in [0.29, 0.717) is 47.7 Å². The number of methoxy groups -OCH3 is 3. The van der Waals surface area contributed by atoms with E-state index >= 15 is 0 Å². The van der Waals surface area contributed by atoms with Crippen LogP contribution in [0.1, 0.15) is 5.56 Å². The molecular weight excluding hydrogens is 496 g/mol. The zero-order valence-corrected chi connectivity index (χ0v) is 21.0. The quantitative estimate of drug-likeness (QED) is 0.495. The van der Waals surface area contributed by atoms with Crippen molar-refractivity contribution in [1.82, 2.24) is 9.80 Å². The minimum absolute atomic E-state index is 0.0190. The van der Waals surface area contributed by atoms with Gasteiger partial charge in [-0.25, -0.2) is 9.59 Å². The van der Waals surface area contributed by atoms with E-state index < -0.39 is 11.9 Å². The number of carboxylic acids is 2. The second-order valence-electron chi connectivity index (χ2n) is 7.50. The van der Waals surface area contributed by atoms with E-state index in [1.807, 2.05) is 17.0 Å². The summed E-state index contributed by atoms with van der Waals surface area (Å²) in [6.07, 6.45) is 0. The summed E-state index contributed by atoms with van der Waals surface area (Å²) >= 11 is 5.86. The highest BCUT2D eigenvalue weighted by Gasteiger charge is 2.23. The summed E-state index contributed by atoms with van der Waals surface area (Å²) in [6, 6.07) is 10.8. The Morgan fingerprint density at radius 1 is 0.833 bits per heavy atom. The maximum absolute atomic E-state index is 12.5. The standard InChI is InChI=1S/C22H27ClN2O5.C2H2O4/c1-27-19-9-4-16(21(28-2)22(19)29-3)14-24-10-12-25(13-11-24)20(26)15-30-18-7-5-17(23)6-8-18;3-1(4)2(5)6/h4-9H,10-15H2,1-3H3;(H,3,4)(H,5,6). The summed E-state index contributed by atoms with van der Waals surface area (Å²) in [5.41, 5.74) is 1.01. The number of hydrogen-bond acceptors (Lipinski definition) is 8. The van der Waals surface area contributed by atoms with Crippen molar-refractivity contribution >= 4 is 29.4 Å². The lowest BCUT2D eigenvalue weighted by Gasteiger charge is -2.35. The van der Waals surface area contributed by atoms with Gasteiger partial charge in [0.15, 0.2) is 18.1 Å². The van der Waals surface area contributed by atoms with Gasteiger partial charge in [0.05, 0.1) is 21.3 Å². The van der Waals surface area contributed by atoms with E-state index in [1.54, 1.807) is 45.6 Å². The van der Waals surface area contributed by atoms with E-state index in [9.17, 15) is 4.79 Å². The van der Waals surface area contributed by atoms with Crippen LogP contribution in [0.3, 0.4) is 0 Å². The van der Waals surface area contributed by atoms with Crippen LogP contribution in [0.25, 0.3) is 0 Å². The molecule has 2 aromatic carbocycles. The number of amides is 1. The van der Waals surface area contributed by atoms with Gasteiger partial charge in [0.25, 0.3) is 5.91 Å². The molecule has 1 amide bonds. The lowest BCUT2D eigenvalue weighted by atomic mass is 10.1. The number of carbonyl (C=O) groups excluding carboxylic acids is 1. The van der Waals surface area contributed by atoms with Gasteiger partial charge in [-0.2, -0.15) is 0 Å². The molecule has 2 aromatic rings. The molecule has 36 heavy (non-hydrogen) atoms. The normalized spacial score (nSPS) is 13.2. The fourth-order valence-corrected chi connectivity index (χ4v) is 3.58. The number of aliphatic carboxylic acids is 2. The van der Waals surface area contributed by atoms with Crippen LogP contribution in [0.15, 0.2) is 36.4 Å². The van der Waals surface area contributed by atoms with Crippen molar-refractivity contribution in [2.45, 2.75) is 6.54 Å². The van der Waals surface area contributed by atoms with Gasteiger partial charge >= 0.3 is 11.9 Å². The Morgan fingerprint density at radius 2 is 1.42 bits per heavy atom. The third-order valence-corrected chi connectivity index (χ3v) is 5.52. The smallest absolute Gasteiger partial charge is 0.414 e. The molecule has 0 aromatic heterocycles. The average molecular weight is 525 g/mol. The van der Waals surface area contributed by atoms with Crippen LogP contribution in [0.5, 0.6) is 23.0 Å². The van der Waals surface area contributed by atoms with Gasteiger partial charge in [-0.15, -0.1) is 0 Å². The number of hydrogen-bond donors (Lipinski definition) is 2. The number of ether oxygens (including phenoxy) is 4. The first kappa shape index (κ1) is 28.5. The van der Waals surface area contributed by atoms with E-state index in [-0.39, 0.29) is 12.5 Å². The molecule has 3 rings (SSSR count). The summed E-state index contributed by atoms with van der Waals surface area (Å²) in [4.78, 5) is 34.8. The first-order valence-corrected chi connectivity index (χ1v) is 11.2. The predicted molar refractivity (Wildman–Crippen MR) is 130 cm³/mol. The highest BCUT2D eigenvalue weighted by Crippen LogP contribution is 2.40. The van der Waals surface area contributed by atoms with E-state index in [2.05, 4.69) is 4.90 Å². The van der Waals surface area contributed by atoms with Crippen LogP contribution < -0.4 is 18.9 Å². The zero-order valence-electron chi connectivity index (χ0n) is 20.2. The Kier molecular flexibility index (Phi) is 11.1. The van der Waals surface area contributed by atoms with Crippen LogP contribution in [0.2, 0.25) is 5.02 Å². The van der Waals surface area contributed by atoms with Crippen molar-refractivity contribution in [3.8, 4) is 23.0 Å². The van der Waals surface area contributed by atoms with Gasteiger partial charge in [-0.1, -0.05) is 17.7 Å². The lowest BCUT2D eigenvalue weighted by Crippen LogP contribution is -2.49. The van der Waals surface area contributed by atoms with Crippen molar-refractivity contribution in [3.05, 3.63) is 47.0 Å². The molecule has 1 saturated heterocycles. The number of benzene rings is 2. The number of piperazine rings is 1. The minimum atomic E-state index is -1.82. The molecule has 0 atom stereocenters. The molecule has 11 nitrogen and oxygen atoms in total. The first-order chi connectivity index (χ1) is 17.2. The molecule has 0 aliphatic carbocycles. The van der Waals surface area contributed by atoms with Gasteiger partial charge in [-0.05, 0) is 30.3 Å². The lowest BCUT2D eigenvalue weighted by molar-refractivity contribution is -0.159. The molecule has 1 heterocycles. The number of nitrogens with zero attached hydrogens (tertiary/aromatic N) is 2. The SMILES string of the molecule is COc1ccc(CN2CCN(C(=O)COc3ccc(Cl)cc3)CC2)c(OC)c1OC.O=C(O)C(=O)O. The van der Waals surface area contributed by atoms with Gasteiger partial charge in [0.2, 0.25) is 5.75 Å². The van der Waals surface area contributed by atoms with Crippen LogP contribution in [0.4, 0.5) is 0 Å². The highest BCUT2D eigenvalue weighted by atomic mass is 35.5. The second kappa shape index (κ2) is 14.0. The fraction of sp³-hybridized carbons (Fsp3) is 0.375. The third-order valence-electron chi connectivity index (χ3n) is 5.26. The van der Waals surface area contributed by atoms with Gasteiger partial charge in [0, 0.05) is 43.3 Å². The maximum Gasteiger partial charge on any atom is 0.414 e. The molecule has 0 radical (unpaired) electrons. The highest BCUT2D eigenvalue weighted by molar-refractivity contribution is 6.30.